The summed E-state index contributed by atoms with van der Waals surface area (Å²) in [5.41, 5.74) is 3.56. The van der Waals surface area contributed by atoms with Crippen molar-refractivity contribution in [2.75, 3.05) is 19.0 Å². The molecule has 0 bridgehead atoms. The Morgan fingerprint density at radius 1 is 1.00 bits per heavy atom. The van der Waals surface area contributed by atoms with Crippen molar-refractivity contribution in [1.29, 1.82) is 0 Å². The first-order valence-electron chi connectivity index (χ1n) is 13.3. The minimum absolute atomic E-state index is 0.253. The Hall–Kier alpha value is -3.38. The van der Waals surface area contributed by atoms with Gasteiger partial charge in [-0.25, -0.2) is 9.97 Å². The van der Waals surface area contributed by atoms with Gasteiger partial charge in [-0.3, -0.25) is 4.79 Å². The van der Waals surface area contributed by atoms with E-state index in [9.17, 15) is 18.0 Å². The van der Waals surface area contributed by atoms with Gasteiger partial charge in [0.15, 0.2) is 5.13 Å². The number of methoxy groups -OCH3 is 1. The van der Waals surface area contributed by atoms with Crippen LogP contribution in [0.15, 0.2) is 36.4 Å². The van der Waals surface area contributed by atoms with E-state index in [1.54, 1.807) is 7.11 Å². The van der Waals surface area contributed by atoms with Gasteiger partial charge < -0.3 is 24.5 Å². The first-order chi connectivity index (χ1) is 19.2. The van der Waals surface area contributed by atoms with Crippen molar-refractivity contribution in [3.8, 4) is 5.75 Å². The van der Waals surface area contributed by atoms with E-state index >= 15 is 0 Å². The highest BCUT2D eigenvalue weighted by molar-refractivity contribution is 7.22. The van der Waals surface area contributed by atoms with Crippen LogP contribution >= 0.6 is 11.3 Å². The maximum atomic E-state index is 12.6. The number of aliphatic carboxylic acids is 1. The molecule has 216 valence electrons. The molecule has 0 aliphatic carbocycles. The van der Waals surface area contributed by atoms with Crippen LogP contribution in [0.1, 0.15) is 56.9 Å². The lowest BCUT2D eigenvalue weighted by molar-refractivity contribution is -0.274. The number of fused-ring (bicyclic) bond motifs is 2. The van der Waals surface area contributed by atoms with Crippen LogP contribution in [-0.2, 0) is 22.5 Å². The second-order valence-corrected chi connectivity index (χ2v) is 10.6. The molecule has 0 spiro atoms. The summed E-state index contributed by atoms with van der Waals surface area (Å²) in [7, 11) is 1.63. The molecule has 0 radical (unpaired) electrons. The zero-order chi connectivity index (χ0) is 28.5. The van der Waals surface area contributed by atoms with E-state index in [-0.39, 0.29) is 12.2 Å². The van der Waals surface area contributed by atoms with Crippen molar-refractivity contribution in [2.45, 2.75) is 70.7 Å². The number of anilines is 2. The summed E-state index contributed by atoms with van der Waals surface area (Å²) < 4.78 is 49.7. The Labute approximate surface area is 234 Å². The van der Waals surface area contributed by atoms with Crippen LogP contribution in [0.4, 0.5) is 24.3 Å². The Bertz CT molecular complexity index is 1420. The number of nitrogens with zero attached hydrogens (tertiary/aromatic N) is 3. The number of thiazole rings is 1. The second kappa shape index (κ2) is 13.8. The van der Waals surface area contributed by atoms with Crippen LogP contribution in [0, 0.1) is 0 Å². The third kappa shape index (κ3) is 8.56. The van der Waals surface area contributed by atoms with Crippen LogP contribution in [0.2, 0.25) is 0 Å². The first kappa shape index (κ1) is 29.6. The maximum absolute atomic E-state index is 12.6. The Kier molecular flexibility index (Phi) is 10.2. The van der Waals surface area contributed by atoms with Crippen molar-refractivity contribution in [1.82, 2.24) is 14.5 Å². The topological polar surface area (TPSA) is 98.5 Å². The summed E-state index contributed by atoms with van der Waals surface area (Å²) >= 11 is 1.22. The van der Waals surface area contributed by atoms with Crippen LogP contribution in [0.3, 0.4) is 0 Å². The predicted molar refractivity (Wildman–Crippen MR) is 149 cm³/mol. The van der Waals surface area contributed by atoms with E-state index < -0.39 is 12.3 Å². The zero-order valence-corrected chi connectivity index (χ0v) is 23.1. The van der Waals surface area contributed by atoms with Crippen molar-refractivity contribution < 1.29 is 32.5 Å². The van der Waals surface area contributed by atoms with Crippen molar-refractivity contribution in [2.24, 2.45) is 0 Å². The van der Waals surface area contributed by atoms with Gasteiger partial charge in [0.25, 0.3) is 0 Å². The normalized spacial score (nSPS) is 11.9. The minimum atomic E-state index is -4.75. The van der Waals surface area contributed by atoms with E-state index in [1.807, 2.05) is 4.57 Å². The van der Waals surface area contributed by atoms with Crippen LogP contribution in [0.25, 0.3) is 21.3 Å². The number of alkyl halides is 3. The van der Waals surface area contributed by atoms with E-state index in [1.165, 1.54) is 35.1 Å². The molecule has 4 rings (SSSR count). The van der Waals surface area contributed by atoms with Gasteiger partial charge in [0.1, 0.15) is 5.75 Å². The summed E-state index contributed by atoms with van der Waals surface area (Å²) in [6.45, 7) is 1.05. The predicted octanol–water partition coefficient (Wildman–Crippen LogP) is 7.68. The molecule has 0 aliphatic heterocycles. The van der Waals surface area contributed by atoms with Gasteiger partial charge in [0.05, 0.1) is 27.9 Å². The molecule has 0 atom stereocenters. The zero-order valence-electron chi connectivity index (χ0n) is 22.3. The first-order valence-corrected chi connectivity index (χ1v) is 14.2. The molecular formula is C28H33F3N4O4S. The molecule has 2 aromatic carbocycles. The summed E-state index contributed by atoms with van der Waals surface area (Å²) in [5, 5.41) is 12.4. The molecule has 0 aliphatic rings. The fourth-order valence-electron chi connectivity index (χ4n) is 4.58. The lowest BCUT2D eigenvalue weighted by atomic mass is 10.0. The fourth-order valence-corrected chi connectivity index (χ4v) is 5.46. The van der Waals surface area contributed by atoms with Gasteiger partial charge in [-0.05, 0) is 49.1 Å². The molecule has 0 fully saturated rings. The van der Waals surface area contributed by atoms with Gasteiger partial charge in [-0.2, -0.15) is 0 Å². The third-order valence-corrected chi connectivity index (χ3v) is 7.43. The Balaban J connectivity index is 1.40. The molecule has 2 N–H and O–H groups in total. The Morgan fingerprint density at radius 2 is 1.75 bits per heavy atom. The fraction of sp³-hybridized carbons (Fsp3) is 0.464. The van der Waals surface area contributed by atoms with Gasteiger partial charge in [-0.1, -0.05) is 49.5 Å². The molecule has 2 aromatic heterocycles. The number of benzene rings is 2. The lowest BCUT2D eigenvalue weighted by Gasteiger charge is -2.09. The summed E-state index contributed by atoms with van der Waals surface area (Å²) in [5.74, 6) is -0.430. The van der Waals surface area contributed by atoms with Crippen molar-refractivity contribution in [3.05, 3.63) is 42.0 Å². The molecule has 40 heavy (non-hydrogen) atoms. The monoisotopic (exact) mass is 578 g/mol. The quantitative estimate of drug-likeness (QED) is 0.132. The van der Waals surface area contributed by atoms with E-state index in [4.69, 9.17) is 14.8 Å². The van der Waals surface area contributed by atoms with E-state index in [2.05, 4.69) is 33.2 Å². The second-order valence-electron chi connectivity index (χ2n) is 9.59. The maximum Gasteiger partial charge on any atom is 0.573 e. The average molecular weight is 579 g/mol. The van der Waals surface area contributed by atoms with Crippen molar-refractivity contribution in [3.63, 3.8) is 0 Å². The number of rotatable bonds is 16. The van der Waals surface area contributed by atoms with Gasteiger partial charge in [-0.15, -0.1) is 13.2 Å². The number of carboxylic acid groups (broad SMARTS) is 1. The number of carboxylic acids is 1. The smallest absolute Gasteiger partial charge is 0.481 e. The number of carbonyl (C=O) groups is 1. The van der Waals surface area contributed by atoms with Crippen LogP contribution in [-0.4, -0.2) is 45.7 Å². The summed E-state index contributed by atoms with van der Waals surface area (Å²) in [6, 6.07) is 10.3. The largest absolute Gasteiger partial charge is 0.573 e. The highest BCUT2D eigenvalue weighted by Crippen LogP contribution is 2.33. The number of hydrogen-bond acceptors (Lipinski definition) is 7. The molecule has 0 unspecified atom stereocenters. The summed E-state index contributed by atoms with van der Waals surface area (Å²) in [4.78, 5) is 19.9. The van der Waals surface area contributed by atoms with Crippen LogP contribution < -0.4 is 10.1 Å². The van der Waals surface area contributed by atoms with Gasteiger partial charge >= 0.3 is 12.3 Å². The van der Waals surface area contributed by atoms with Crippen molar-refractivity contribution >= 4 is 49.6 Å². The Morgan fingerprint density at radius 3 is 2.48 bits per heavy atom. The molecule has 2 heterocycles. The lowest BCUT2D eigenvalue weighted by Crippen LogP contribution is -2.16. The molecule has 0 saturated heterocycles. The molecule has 12 heteroatoms. The van der Waals surface area contributed by atoms with Crippen LogP contribution in [0.5, 0.6) is 5.75 Å². The SMILES string of the molecule is COCCn1c(Nc2nc3ccc(OC(F)(F)F)cc3s2)nc2cc(CCCCCCCCCC(=O)O)ccc21. The van der Waals surface area contributed by atoms with Gasteiger partial charge in [0.2, 0.25) is 5.95 Å². The number of nitrogens with one attached hydrogen (secondary N) is 1. The number of ether oxygens (including phenoxy) is 2. The summed E-state index contributed by atoms with van der Waals surface area (Å²) in [6.07, 6.45) is 3.70. The molecule has 0 saturated carbocycles. The average Bonchev–Trinajstić information content (AvgIpc) is 3.44. The number of imidazole rings is 1. The number of aromatic nitrogens is 3. The number of unbranched alkanes of at least 4 members (excludes halogenated alkanes) is 6. The third-order valence-electron chi connectivity index (χ3n) is 6.50. The highest BCUT2D eigenvalue weighted by Gasteiger charge is 2.31. The number of halogens is 3. The molecule has 0 amide bonds. The number of hydrogen-bond donors (Lipinski definition) is 2. The number of aryl methyl sites for hydroxylation is 1. The molecular weight excluding hydrogens is 545 g/mol. The highest BCUT2D eigenvalue weighted by atomic mass is 32.1. The minimum Gasteiger partial charge on any atom is -0.481 e. The van der Waals surface area contributed by atoms with Gasteiger partial charge in [0, 0.05) is 26.1 Å². The molecule has 8 nitrogen and oxygen atoms in total. The van der Waals surface area contributed by atoms with E-state index in [0.29, 0.717) is 34.4 Å². The standard InChI is InChI=1S/C28H33F3N4O4S/c1-38-16-15-35-23-14-11-19(9-7-5-3-2-4-6-8-10-25(36)37)17-22(23)32-26(35)34-27-33-21-13-12-20(18-24(21)40-27)39-28(29,30)31/h11-14,17-18H,2-10,15-16H2,1H3,(H,36,37)(H,32,33,34). The van der Waals surface area contributed by atoms with E-state index in [0.717, 1.165) is 62.4 Å². The molecule has 4 aromatic rings.